The van der Waals surface area contributed by atoms with Gasteiger partial charge < -0.3 is 14.8 Å². The quantitative estimate of drug-likeness (QED) is 0.843. The van der Waals surface area contributed by atoms with Gasteiger partial charge in [0, 0.05) is 23.7 Å². The Morgan fingerprint density at radius 2 is 2.33 bits per heavy atom. The molecule has 0 bridgehead atoms. The monoisotopic (exact) mass is 266 g/mol. The zero-order chi connectivity index (χ0) is 13.0. The van der Waals surface area contributed by atoms with Crippen molar-refractivity contribution in [2.75, 3.05) is 6.61 Å². The number of aliphatic hydroxyl groups is 1. The summed E-state index contributed by atoms with van der Waals surface area (Å²) in [5.41, 5.74) is 0. The number of rotatable bonds is 6. The molecule has 4 nitrogen and oxygen atoms in total. The molecule has 2 aromatic heterocycles. The van der Waals surface area contributed by atoms with Gasteiger partial charge in [-0.15, -0.1) is 11.3 Å². The molecule has 0 aliphatic heterocycles. The van der Waals surface area contributed by atoms with E-state index in [-0.39, 0.29) is 12.6 Å². The highest BCUT2D eigenvalue weighted by Crippen LogP contribution is 2.26. The second-order valence-electron chi connectivity index (χ2n) is 4.21. The van der Waals surface area contributed by atoms with Crippen LogP contribution in [0.1, 0.15) is 24.0 Å². The van der Waals surface area contributed by atoms with E-state index in [0.717, 1.165) is 34.4 Å². The predicted molar refractivity (Wildman–Crippen MR) is 72.6 cm³/mol. The molecule has 1 atom stereocenters. The Morgan fingerprint density at radius 3 is 2.94 bits per heavy atom. The van der Waals surface area contributed by atoms with Crippen LogP contribution in [0.3, 0.4) is 0 Å². The molecule has 5 heteroatoms. The number of hydrogen-bond donors (Lipinski definition) is 2. The van der Waals surface area contributed by atoms with Crippen LogP contribution in [0.15, 0.2) is 22.7 Å². The minimum atomic E-state index is 0.154. The molecule has 2 rings (SSSR count). The first-order chi connectivity index (χ1) is 8.72. The standard InChI is InChI=1S/C13H18N2O2S/c1-3-10(8-16)14-6-11-7-15-13(18-11)12-5-4-9(2)17-12/h4-5,7,10,14,16H,3,6,8H2,1-2H3. The lowest BCUT2D eigenvalue weighted by Crippen LogP contribution is -2.30. The average molecular weight is 266 g/mol. The third-order valence-corrected chi connectivity index (χ3v) is 3.79. The van der Waals surface area contributed by atoms with Crippen LogP contribution in [-0.2, 0) is 6.54 Å². The predicted octanol–water partition coefficient (Wildman–Crippen LogP) is 2.57. The lowest BCUT2D eigenvalue weighted by molar-refractivity contribution is 0.238. The van der Waals surface area contributed by atoms with E-state index in [1.54, 1.807) is 11.3 Å². The third-order valence-electron chi connectivity index (χ3n) is 2.78. The van der Waals surface area contributed by atoms with Crippen molar-refractivity contribution in [3.63, 3.8) is 0 Å². The van der Waals surface area contributed by atoms with Crippen LogP contribution in [-0.4, -0.2) is 22.7 Å². The minimum Gasteiger partial charge on any atom is -0.459 e. The smallest absolute Gasteiger partial charge is 0.162 e. The van der Waals surface area contributed by atoms with E-state index in [2.05, 4.69) is 17.2 Å². The molecule has 18 heavy (non-hydrogen) atoms. The fourth-order valence-electron chi connectivity index (χ4n) is 1.64. The van der Waals surface area contributed by atoms with Crippen molar-refractivity contribution in [1.82, 2.24) is 10.3 Å². The van der Waals surface area contributed by atoms with Gasteiger partial charge in [0.15, 0.2) is 10.8 Å². The molecule has 0 aliphatic rings. The van der Waals surface area contributed by atoms with Gasteiger partial charge in [-0.2, -0.15) is 0 Å². The molecule has 0 aromatic carbocycles. The Labute approximate surface area is 111 Å². The largest absolute Gasteiger partial charge is 0.459 e. The molecule has 0 saturated heterocycles. The van der Waals surface area contributed by atoms with Crippen LogP contribution in [0.2, 0.25) is 0 Å². The zero-order valence-corrected chi connectivity index (χ0v) is 11.5. The number of furan rings is 1. The molecular formula is C13H18N2O2S. The molecule has 2 N–H and O–H groups in total. The van der Waals surface area contributed by atoms with Crippen molar-refractivity contribution in [2.24, 2.45) is 0 Å². The summed E-state index contributed by atoms with van der Waals surface area (Å²) >= 11 is 1.61. The van der Waals surface area contributed by atoms with Crippen LogP contribution in [0.4, 0.5) is 0 Å². The van der Waals surface area contributed by atoms with Crippen molar-refractivity contribution in [2.45, 2.75) is 32.9 Å². The molecule has 98 valence electrons. The topological polar surface area (TPSA) is 58.3 Å². The molecule has 0 aliphatic carbocycles. The minimum absolute atomic E-state index is 0.154. The van der Waals surface area contributed by atoms with Crippen molar-refractivity contribution in [1.29, 1.82) is 0 Å². The lowest BCUT2D eigenvalue weighted by atomic mass is 10.2. The van der Waals surface area contributed by atoms with Gasteiger partial charge in [0.25, 0.3) is 0 Å². The van der Waals surface area contributed by atoms with Gasteiger partial charge in [-0.1, -0.05) is 6.92 Å². The summed E-state index contributed by atoms with van der Waals surface area (Å²) in [5, 5.41) is 13.3. The lowest BCUT2D eigenvalue weighted by Gasteiger charge is -2.12. The van der Waals surface area contributed by atoms with Gasteiger partial charge >= 0.3 is 0 Å². The Bertz CT molecular complexity index is 489. The highest BCUT2D eigenvalue weighted by atomic mass is 32.1. The molecular weight excluding hydrogens is 248 g/mol. The third kappa shape index (κ3) is 3.19. The van der Waals surface area contributed by atoms with Gasteiger partial charge in [0.1, 0.15) is 5.76 Å². The van der Waals surface area contributed by atoms with Gasteiger partial charge in [-0.05, 0) is 25.5 Å². The maximum atomic E-state index is 9.10. The van der Waals surface area contributed by atoms with Crippen molar-refractivity contribution >= 4 is 11.3 Å². The number of hydrogen-bond acceptors (Lipinski definition) is 5. The van der Waals surface area contributed by atoms with Gasteiger partial charge in [-0.3, -0.25) is 0 Å². The van der Waals surface area contributed by atoms with Crippen LogP contribution < -0.4 is 5.32 Å². The highest BCUT2D eigenvalue weighted by Gasteiger charge is 2.09. The maximum Gasteiger partial charge on any atom is 0.162 e. The summed E-state index contributed by atoms with van der Waals surface area (Å²) in [7, 11) is 0. The summed E-state index contributed by atoms with van der Waals surface area (Å²) < 4.78 is 5.54. The second kappa shape index (κ2) is 6.13. The Morgan fingerprint density at radius 1 is 1.50 bits per heavy atom. The molecule has 0 saturated carbocycles. The molecule has 0 fully saturated rings. The molecule has 0 spiro atoms. The first-order valence-corrected chi connectivity index (χ1v) is 6.90. The van der Waals surface area contributed by atoms with E-state index < -0.39 is 0 Å². The summed E-state index contributed by atoms with van der Waals surface area (Å²) in [6, 6.07) is 4.03. The SMILES string of the molecule is CCC(CO)NCc1cnc(-c2ccc(C)o2)s1. The van der Waals surface area contributed by atoms with E-state index in [0.29, 0.717) is 0 Å². The van der Waals surface area contributed by atoms with E-state index >= 15 is 0 Å². The van der Waals surface area contributed by atoms with Gasteiger partial charge in [0.05, 0.1) is 6.61 Å². The molecule has 1 unspecified atom stereocenters. The fraction of sp³-hybridized carbons (Fsp3) is 0.462. The second-order valence-corrected chi connectivity index (χ2v) is 5.33. The number of nitrogens with zero attached hydrogens (tertiary/aromatic N) is 1. The Kier molecular flexibility index (Phi) is 4.52. The molecule has 2 aromatic rings. The number of aromatic nitrogens is 1. The molecule has 2 heterocycles. The number of aryl methyl sites for hydroxylation is 1. The van der Waals surface area contributed by atoms with Gasteiger partial charge in [-0.25, -0.2) is 4.98 Å². The Hall–Kier alpha value is -1.17. The van der Waals surface area contributed by atoms with Crippen LogP contribution in [0, 0.1) is 6.92 Å². The van der Waals surface area contributed by atoms with Crippen LogP contribution >= 0.6 is 11.3 Å². The summed E-state index contributed by atoms with van der Waals surface area (Å²) in [6.45, 7) is 4.88. The normalized spacial score (nSPS) is 12.8. The number of thiazole rings is 1. The molecule has 0 amide bonds. The van der Waals surface area contributed by atoms with Crippen LogP contribution in [0.25, 0.3) is 10.8 Å². The molecule has 0 radical (unpaired) electrons. The zero-order valence-electron chi connectivity index (χ0n) is 10.6. The fourth-order valence-corrected chi connectivity index (χ4v) is 2.46. The van der Waals surface area contributed by atoms with E-state index in [1.807, 2.05) is 25.3 Å². The number of nitrogens with one attached hydrogen (secondary N) is 1. The Balaban J connectivity index is 1.98. The highest BCUT2D eigenvalue weighted by molar-refractivity contribution is 7.14. The first kappa shape index (κ1) is 13.3. The van der Waals surface area contributed by atoms with Crippen molar-refractivity contribution in [3.8, 4) is 10.8 Å². The van der Waals surface area contributed by atoms with E-state index in [4.69, 9.17) is 9.52 Å². The summed E-state index contributed by atoms with van der Waals surface area (Å²) in [5.74, 6) is 1.71. The first-order valence-electron chi connectivity index (χ1n) is 6.08. The number of aliphatic hydroxyl groups excluding tert-OH is 1. The average Bonchev–Trinajstić information content (AvgIpc) is 2.99. The van der Waals surface area contributed by atoms with Crippen molar-refractivity contribution in [3.05, 3.63) is 29.0 Å². The van der Waals surface area contributed by atoms with Crippen LogP contribution in [0.5, 0.6) is 0 Å². The van der Waals surface area contributed by atoms with Crippen molar-refractivity contribution < 1.29 is 9.52 Å². The van der Waals surface area contributed by atoms with E-state index in [9.17, 15) is 0 Å². The van der Waals surface area contributed by atoms with E-state index in [1.165, 1.54) is 0 Å². The summed E-state index contributed by atoms with van der Waals surface area (Å²) in [4.78, 5) is 5.50. The summed E-state index contributed by atoms with van der Waals surface area (Å²) in [6.07, 6.45) is 2.77. The maximum absolute atomic E-state index is 9.10. The van der Waals surface area contributed by atoms with Gasteiger partial charge in [0.2, 0.25) is 0 Å².